The first-order chi connectivity index (χ1) is 15.6. The van der Waals surface area contributed by atoms with Crippen molar-refractivity contribution in [2.24, 2.45) is 0 Å². The average molecular weight is 461 g/mol. The van der Waals surface area contributed by atoms with E-state index in [1.54, 1.807) is 0 Å². The first-order valence-electron chi connectivity index (χ1n) is 10.3. The molecule has 160 valence electrons. The number of nitrogens with one attached hydrogen (secondary N) is 2. The Bertz CT molecular complexity index is 1090. The molecule has 4 aromatic rings. The van der Waals surface area contributed by atoms with Crippen LogP contribution in [0.3, 0.4) is 0 Å². The van der Waals surface area contributed by atoms with Gasteiger partial charge < -0.3 is 10.6 Å². The lowest BCUT2D eigenvalue weighted by molar-refractivity contribution is 0.236. The Morgan fingerprint density at radius 1 is 0.531 bits per heavy atom. The Balaban J connectivity index is 1.63. The first kappa shape index (κ1) is 21.9. The van der Waals surface area contributed by atoms with Crippen LogP contribution in [0.2, 0.25) is 10.0 Å². The highest BCUT2D eigenvalue weighted by atomic mass is 35.5. The molecule has 2 amide bonds. The van der Waals surface area contributed by atoms with Crippen LogP contribution in [-0.2, 0) is 0 Å². The zero-order valence-electron chi connectivity index (χ0n) is 17.2. The molecule has 4 rings (SSSR count). The standard InChI is InChI=1S/C27H22Cl2N2O/c28-23-15-7-13-21(17-23)25(19-9-3-1-4-10-19)30-27(32)31-26(20-11-5-2-6-12-20)22-14-8-16-24(29)18-22/h1-18,25-26H,(H2,30,31,32)/t25-,26-/m1/s1. The second kappa shape index (κ2) is 10.4. The minimum atomic E-state index is -0.356. The number of carbonyl (C=O) groups is 1. The highest BCUT2D eigenvalue weighted by Gasteiger charge is 2.21. The lowest BCUT2D eigenvalue weighted by Gasteiger charge is -2.24. The van der Waals surface area contributed by atoms with Gasteiger partial charge in [-0.05, 0) is 46.5 Å². The molecular formula is C27H22Cl2N2O. The third-order valence-corrected chi connectivity index (χ3v) is 5.65. The molecule has 0 radical (unpaired) electrons. The molecule has 0 spiro atoms. The van der Waals surface area contributed by atoms with Gasteiger partial charge in [0.25, 0.3) is 0 Å². The molecule has 0 aliphatic carbocycles. The Labute approximate surface area is 198 Å². The number of hydrogen-bond acceptors (Lipinski definition) is 1. The largest absolute Gasteiger partial charge is 0.327 e. The fourth-order valence-corrected chi connectivity index (χ4v) is 4.08. The van der Waals surface area contributed by atoms with Gasteiger partial charge >= 0.3 is 6.03 Å². The molecular weight excluding hydrogens is 439 g/mol. The molecule has 0 bridgehead atoms. The van der Waals surface area contributed by atoms with E-state index < -0.39 is 0 Å². The van der Waals surface area contributed by atoms with E-state index in [2.05, 4.69) is 10.6 Å². The van der Waals surface area contributed by atoms with Gasteiger partial charge in [-0.1, -0.05) is 108 Å². The van der Waals surface area contributed by atoms with Crippen molar-refractivity contribution < 1.29 is 4.79 Å². The highest BCUT2D eigenvalue weighted by Crippen LogP contribution is 2.27. The van der Waals surface area contributed by atoms with Crippen LogP contribution in [0, 0.1) is 0 Å². The van der Waals surface area contributed by atoms with Crippen molar-refractivity contribution in [3.63, 3.8) is 0 Å². The van der Waals surface area contributed by atoms with E-state index in [0.29, 0.717) is 10.0 Å². The summed E-state index contributed by atoms with van der Waals surface area (Å²) < 4.78 is 0. The highest BCUT2D eigenvalue weighted by molar-refractivity contribution is 6.30. The van der Waals surface area contributed by atoms with Crippen molar-refractivity contribution in [3.8, 4) is 0 Å². The molecule has 3 nitrogen and oxygen atoms in total. The summed E-state index contributed by atoms with van der Waals surface area (Å²) in [6.45, 7) is 0. The van der Waals surface area contributed by atoms with Gasteiger partial charge in [0.2, 0.25) is 0 Å². The Kier molecular flexibility index (Phi) is 7.10. The summed E-state index contributed by atoms with van der Waals surface area (Å²) >= 11 is 12.5. The molecule has 0 aliphatic rings. The molecule has 0 saturated carbocycles. The molecule has 0 heterocycles. The van der Waals surface area contributed by atoms with Gasteiger partial charge in [-0.25, -0.2) is 4.79 Å². The van der Waals surface area contributed by atoms with Crippen LogP contribution in [0.15, 0.2) is 109 Å². The second-order valence-corrected chi connectivity index (χ2v) is 8.29. The first-order valence-corrected chi connectivity index (χ1v) is 11.0. The second-order valence-electron chi connectivity index (χ2n) is 7.42. The molecule has 32 heavy (non-hydrogen) atoms. The number of urea groups is 1. The minimum Gasteiger partial charge on any atom is -0.327 e. The summed E-state index contributed by atoms with van der Waals surface area (Å²) in [5, 5.41) is 7.47. The zero-order valence-corrected chi connectivity index (χ0v) is 18.7. The topological polar surface area (TPSA) is 41.1 Å². The maximum absolute atomic E-state index is 13.2. The lowest BCUT2D eigenvalue weighted by Crippen LogP contribution is -2.40. The minimum absolute atomic E-state index is 0.298. The Hall–Kier alpha value is -3.27. The molecule has 2 N–H and O–H groups in total. The number of carbonyl (C=O) groups excluding carboxylic acids is 1. The normalized spacial score (nSPS) is 12.6. The van der Waals surface area contributed by atoms with Crippen LogP contribution < -0.4 is 10.6 Å². The molecule has 4 aromatic carbocycles. The molecule has 0 aliphatic heterocycles. The monoisotopic (exact) mass is 460 g/mol. The molecule has 5 heteroatoms. The van der Waals surface area contributed by atoms with Gasteiger partial charge in [-0.3, -0.25) is 0 Å². The van der Waals surface area contributed by atoms with Crippen molar-refractivity contribution in [1.82, 2.24) is 10.6 Å². The van der Waals surface area contributed by atoms with Gasteiger partial charge in [-0.2, -0.15) is 0 Å². The summed E-state index contributed by atoms with van der Waals surface area (Å²) in [5.41, 5.74) is 3.73. The summed E-state index contributed by atoms with van der Waals surface area (Å²) in [5.74, 6) is 0. The van der Waals surface area contributed by atoms with Gasteiger partial charge in [0, 0.05) is 10.0 Å². The quantitative estimate of drug-likeness (QED) is 0.314. The van der Waals surface area contributed by atoms with Crippen molar-refractivity contribution in [2.45, 2.75) is 12.1 Å². The zero-order chi connectivity index (χ0) is 22.3. The summed E-state index contributed by atoms with van der Waals surface area (Å²) in [6.07, 6.45) is 0. The number of halogens is 2. The van der Waals surface area contributed by atoms with Crippen LogP contribution in [0.5, 0.6) is 0 Å². The molecule has 2 atom stereocenters. The summed E-state index contributed by atoms with van der Waals surface area (Å²) in [6, 6.07) is 33.7. The number of rotatable bonds is 6. The summed E-state index contributed by atoms with van der Waals surface area (Å²) in [4.78, 5) is 13.2. The van der Waals surface area contributed by atoms with Crippen LogP contribution in [-0.4, -0.2) is 6.03 Å². The van der Waals surface area contributed by atoms with E-state index in [0.717, 1.165) is 22.3 Å². The lowest BCUT2D eigenvalue weighted by atomic mass is 9.98. The Morgan fingerprint density at radius 2 is 0.906 bits per heavy atom. The number of amides is 2. The van der Waals surface area contributed by atoms with E-state index in [1.165, 1.54) is 0 Å². The Morgan fingerprint density at radius 3 is 1.28 bits per heavy atom. The maximum atomic E-state index is 13.2. The fraction of sp³-hybridized carbons (Fsp3) is 0.0741. The molecule has 0 saturated heterocycles. The SMILES string of the molecule is O=C(N[C@H](c1ccccc1)c1cccc(Cl)c1)N[C@H](c1ccccc1)c1cccc(Cl)c1. The third kappa shape index (κ3) is 5.50. The number of benzene rings is 4. The smallest absolute Gasteiger partial charge is 0.316 e. The van der Waals surface area contributed by atoms with Crippen molar-refractivity contribution >= 4 is 29.2 Å². The average Bonchev–Trinajstić information content (AvgIpc) is 2.82. The molecule has 0 unspecified atom stereocenters. The van der Waals surface area contributed by atoms with E-state index in [-0.39, 0.29) is 18.1 Å². The fourth-order valence-electron chi connectivity index (χ4n) is 3.69. The van der Waals surface area contributed by atoms with Crippen LogP contribution in [0.25, 0.3) is 0 Å². The van der Waals surface area contributed by atoms with E-state index in [9.17, 15) is 4.79 Å². The van der Waals surface area contributed by atoms with Crippen LogP contribution in [0.4, 0.5) is 4.79 Å². The molecule has 0 aromatic heterocycles. The number of hydrogen-bond donors (Lipinski definition) is 2. The maximum Gasteiger partial charge on any atom is 0.316 e. The third-order valence-electron chi connectivity index (χ3n) is 5.18. The predicted molar refractivity (Wildman–Crippen MR) is 131 cm³/mol. The van der Waals surface area contributed by atoms with Gasteiger partial charge in [0.15, 0.2) is 0 Å². The van der Waals surface area contributed by atoms with Crippen LogP contribution >= 0.6 is 23.2 Å². The van der Waals surface area contributed by atoms with Crippen molar-refractivity contribution in [1.29, 1.82) is 0 Å². The van der Waals surface area contributed by atoms with Crippen LogP contribution in [0.1, 0.15) is 34.3 Å². The van der Waals surface area contributed by atoms with Crippen molar-refractivity contribution in [3.05, 3.63) is 141 Å². The van der Waals surface area contributed by atoms with Gasteiger partial charge in [0.1, 0.15) is 0 Å². The van der Waals surface area contributed by atoms with Gasteiger partial charge in [-0.15, -0.1) is 0 Å². The van der Waals surface area contributed by atoms with E-state index in [1.807, 2.05) is 109 Å². The molecule has 0 fully saturated rings. The van der Waals surface area contributed by atoms with E-state index >= 15 is 0 Å². The van der Waals surface area contributed by atoms with Gasteiger partial charge in [0.05, 0.1) is 12.1 Å². The van der Waals surface area contributed by atoms with Crippen molar-refractivity contribution in [2.75, 3.05) is 0 Å². The van der Waals surface area contributed by atoms with E-state index in [4.69, 9.17) is 23.2 Å². The summed E-state index contributed by atoms with van der Waals surface area (Å²) in [7, 11) is 0. The predicted octanol–water partition coefficient (Wildman–Crippen LogP) is 7.17.